The van der Waals surface area contributed by atoms with E-state index in [1.807, 2.05) is 28.9 Å². The van der Waals surface area contributed by atoms with Crippen LogP contribution in [0.1, 0.15) is 37.8 Å². The SMILES string of the molecule is O=S(=O)(C1CCCCC1)N1CCN(Cc2cc3ccccn3n2)CC1. The largest absolute Gasteiger partial charge is 0.295 e. The van der Waals surface area contributed by atoms with Gasteiger partial charge in [0, 0.05) is 38.9 Å². The molecule has 0 unspecified atom stereocenters. The van der Waals surface area contributed by atoms with Gasteiger partial charge in [-0.3, -0.25) is 4.90 Å². The van der Waals surface area contributed by atoms with Crippen molar-refractivity contribution in [3.8, 4) is 0 Å². The van der Waals surface area contributed by atoms with E-state index in [0.717, 1.165) is 56.5 Å². The number of hydrogen-bond acceptors (Lipinski definition) is 4. The molecule has 6 nitrogen and oxygen atoms in total. The van der Waals surface area contributed by atoms with Gasteiger partial charge in [0.1, 0.15) is 0 Å². The summed E-state index contributed by atoms with van der Waals surface area (Å²) in [7, 11) is -3.11. The summed E-state index contributed by atoms with van der Waals surface area (Å²) in [5.74, 6) is 0. The van der Waals surface area contributed by atoms with E-state index in [2.05, 4.69) is 16.1 Å². The average Bonchev–Trinajstić information content (AvgIpc) is 3.05. The first kappa shape index (κ1) is 17.0. The zero-order valence-corrected chi connectivity index (χ0v) is 15.4. The first-order valence-corrected chi connectivity index (χ1v) is 10.8. The molecule has 0 aromatic carbocycles. The maximum atomic E-state index is 12.8. The number of fused-ring (bicyclic) bond motifs is 1. The molecular weight excluding hydrogens is 336 g/mol. The van der Waals surface area contributed by atoms with Crippen molar-refractivity contribution in [1.82, 2.24) is 18.8 Å². The number of pyridine rings is 1. The molecule has 4 rings (SSSR count). The van der Waals surface area contributed by atoms with Crippen molar-refractivity contribution < 1.29 is 8.42 Å². The molecule has 1 aliphatic carbocycles. The lowest BCUT2D eigenvalue weighted by atomic mass is 10.0. The summed E-state index contributed by atoms with van der Waals surface area (Å²) in [4.78, 5) is 2.30. The maximum absolute atomic E-state index is 12.8. The number of nitrogens with zero attached hydrogens (tertiary/aromatic N) is 4. The number of piperazine rings is 1. The Labute approximate surface area is 149 Å². The molecule has 1 aliphatic heterocycles. The van der Waals surface area contributed by atoms with Gasteiger partial charge in [-0.2, -0.15) is 9.40 Å². The van der Waals surface area contributed by atoms with E-state index in [1.54, 1.807) is 4.31 Å². The standard InChI is InChI=1S/C18H26N4O2S/c23-25(24,18-7-2-1-3-8-18)21-12-10-20(11-13-21)15-16-14-17-6-4-5-9-22(17)19-16/h4-6,9,14,18H,1-3,7-8,10-13,15H2. The third-order valence-corrected chi connectivity index (χ3v) is 7.87. The van der Waals surface area contributed by atoms with E-state index in [9.17, 15) is 8.42 Å². The second kappa shape index (κ2) is 7.05. The Morgan fingerprint density at radius 1 is 1.04 bits per heavy atom. The minimum Gasteiger partial charge on any atom is -0.295 e. The molecule has 2 aromatic rings. The van der Waals surface area contributed by atoms with Crippen molar-refractivity contribution in [2.24, 2.45) is 0 Å². The van der Waals surface area contributed by atoms with Gasteiger partial charge < -0.3 is 0 Å². The molecule has 0 amide bonds. The Bertz CT molecular complexity index is 785. The van der Waals surface area contributed by atoms with E-state index in [1.165, 1.54) is 6.42 Å². The fourth-order valence-corrected chi connectivity index (χ4v) is 6.04. The summed E-state index contributed by atoms with van der Waals surface area (Å²) in [6.07, 6.45) is 6.91. The molecule has 2 fully saturated rings. The fraction of sp³-hybridized carbons (Fsp3) is 0.611. The molecule has 7 heteroatoms. The third-order valence-electron chi connectivity index (χ3n) is 5.47. The van der Waals surface area contributed by atoms with Crippen molar-refractivity contribution in [1.29, 1.82) is 0 Å². The number of hydrogen-bond donors (Lipinski definition) is 0. The van der Waals surface area contributed by atoms with Crippen LogP contribution in [0.4, 0.5) is 0 Å². The Balaban J connectivity index is 1.36. The van der Waals surface area contributed by atoms with Crippen molar-refractivity contribution >= 4 is 15.5 Å². The lowest BCUT2D eigenvalue weighted by Gasteiger charge is -2.36. The summed E-state index contributed by atoms with van der Waals surface area (Å²) in [5.41, 5.74) is 2.13. The predicted octanol–water partition coefficient (Wildman–Crippen LogP) is 2.11. The van der Waals surface area contributed by atoms with Gasteiger partial charge in [0.05, 0.1) is 16.5 Å². The van der Waals surface area contributed by atoms with Crippen molar-refractivity contribution in [2.75, 3.05) is 26.2 Å². The van der Waals surface area contributed by atoms with Crippen LogP contribution in [-0.4, -0.2) is 58.7 Å². The molecule has 0 radical (unpaired) electrons. The molecule has 0 spiro atoms. The van der Waals surface area contributed by atoms with Gasteiger partial charge in [0.2, 0.25) is 10.0 Å². The monoisotopic (exact) mass is 362 g/mol. The molecule has 2 aromatic heterocycles. The smallest absolute Gasteiger partial charge is 0.217 e. The van der Waals surface area contributed by atoms with Crippen LogP contribution in [0.5, 0.6) is 0 Å². The number of aromatic nitrogens is 2. The van der Waals surface area contributed by atoms with Crippen molar-refractivity contribution in [3.63, 3.8) is 0 Å². The van der Waals surface area contributed by atoms with Crippen molar-refractivity contribution in [2.45, 2.75) is 43.9 Å². The Kier molecular flexibility index (Phi) is 4.80. The van der Waals surface area contributed by atoms with Crippen LogP contribution in [0, 0.1) is 0 Å². The molecular formula is C18H26N4O2S. The molecule has 1 saturated carbocycles. The Morgan fingerprint density at radius 3 is 2.52 bits per heavy atom. The van der Waals surface area contributed by atoms with Crippen LogP contribution in [0.25, 0.3) is 5.52 Å². The van der Waals surface area contributed by atoms with Gasteiger partial charge in [-0.15, -0.1) is 0 Å². The molecule has 25 heavy (non-hydrogen) atoms. The molecule has 0 atom stereocenters. The first-order chi connectivity index (χ1) is 12.1. The normalized spacial score (nSPS) is 21.8. The quantitative estimate of drug-likeness (QED) is 0.836. The van der Waals surface area contributed by atoms with Gasteiger partial charge in [-0.05, 0) is 31.0 Å². The van der Waals surface area contributed by atoms with E-state index < -0.39 is 10.0 Å². The highest BCUT2D eigenvalue weighted by Crippen LogP contribution is 2.26. The van der Waals surface area contributed by atoms with Gasteiger partial charge >= 0.3 is 0 Å². The van der Waals surface area contributed by atoms with E-state index >= 15 is 0 Å². The molecule has 2 aliphatic rings. The minimum absolute atomic E-state index is 0.147. The number of sulfonamides is 1. The summed E-state index contributed by atoms with van der Waals surface area (Å²) in [5, 5.41) is 4.44. The predicted molar refractivity (Wildman–Crippen MR) is 97.8 cm³/mol. The second-order valence-electron chi connectivity index (χ2n) is 7.19. The van der Waals surface area contributed by atoms with Crippen LogP contribution in [0.2, 0.25) is 0 Å². The highest BCUT2D eigenvalue weighted by atomic mass is 32.2. The Hall–Kier alpha value is -1.44. The van der Waals surface area contributed by atoms with Gasteiger partial charge in [0.15, 0.2) is 0 Å². The molecule has 1 saturated heterocycles. The van der Waals surface area contributed by atoms with E-state index in [4.69, 9.17) is 0 Å². The zero-order chi connectivity index (χ0) is 17.3. The first-order valence-electron chi connectivity index (χ1n) is 9.27. The van der Waals surface area contributed by atoms with Gasteiger partial charge in [-0.1, -0.05) is 25.3 Å². The lowest BCUT2D eigenvalue weighted by molar-refractivity contribution is 0.178. The van der Waals surface area contributed by atoms with Gasteiger partial charge in [0.25, 0.3) is 0 Å². The Morgan fingerprint density at radius 2 is 1.80 bits per heavy atom. The molecule has 136 valence electrons. The van der Waals surface area contributed by atoms with Crippen molar-refractivity contribution in [3.05, 3.63) is 36.2 Å². The highest BCUT2D eigenvalue weighted by Gasteiger charge is 2.34. The summed E-state index contributed by atoms with van der Waals surface area (Å²) in [6, 6.07) is 8.13. The fourth-order valence-electron chi connectivity index (χ4n) is 4.01. The van der Waals surface area contributed by atoms with Crippen LogP contribution in [0.3, 0.4) is 0 Å². The summed E-state index contributed by atoms with van der Waals surface area (Å²) in [6.45, 7) is 3.54. The maximum Gasteiger partial charge on any atom is 0.217 e. The molecule has 0 N–H and O–H groups in total. The van der Waals surface area contributed by atoms with Crippen LogP contribution in [0.15, 0.2) is 30.5 Å². The molecule has 3 heterocycles. The topological polar surface area (TPSA) is 57.9 Å². The molecule has 0 bridgehead atoms. The highest BCUT2D eigenvalue weighted by molar-refractivity contribution is 7.89. The summed E-state index contributed by atoms with van der Waals surface area (Å²) >= 11 is 0. The zero-order valence-electron chi connectivity index (χ0n) is 14.5. The number of rotatable bonds is 4. The third kappa shape index (κ3) is 3.59. The van der Waals surface area contributed by atoms with Gasteiger partial charge in [-0.25, -0.2) is 12.9 Å². The lowest BCUT2D eigenvalue weighted by Crippen LogP contribution is -2.51. The second-order valence-corrected chi connectivity index (χ2v) is 9.40. The van der Waals surface area contributed by atoms with E-state index in [-0.39, 0.29) is 5.25 Å². The summed E-state index contributed by atoms with van der Waals surface area (Å²) < 4.78 is 29.2. The average molecular weight is 362 g/mol. The van der Waals surface area contributed by atoms with Crippen LogP contribution < -0.4 is 0 Å². The van der Waals surface area contributed by atoms with E-state index in [0.29, 0.717) is 13.1 Å². The van der Waals surface area contributed by atoms with Crippen LogP contribution in [-0.2, 0) is 16.6 Å². The van der Waals surface area contributed by atoms with Crippen LogP contribution >= 0.6 is 0 Å². The minimum atomic E-state index is -3.11.